The van der Waals surface area contributed by atoms with Crippen molar-refractivity contribution in [3.05, 3.63) is 0 Å². The van der Waals surface area contributed by atoms with E-state index in [0.717, 1.165) is 58.7 Å². The number of likely N-dealkylation sites (N-methyl/N-ethyl adjacent to an activating group) is 1. The Labute approximate surface area is 116 Å². The summed E-state index contributed by atoms with van der Waals surface area (Å²) in [5.74, 6) is 0.870. The van der Waals surface area contributed by atoms with E-state index in [1.165, 1.54) is 0 Å². The second kappa shape index (κ2) is 6.68. The number of nitrogens with zero attached hydrogens (tertiary/aromatic N) is 3. The fourth-order valence-electron chi connectivity index (χ4n) is 3.14. The Kier molecular flexibility index (Phi) is 5.19. The molecule has 2 rings (SSSR count). The molecule has 5 heteroatoms. The van der Waals surface area contributed by atoms with Gasteiger partial charge in [-0.3, -0.25) is 9.69 Å². The quantitative estimate of drug-likeness (QED) is 0.768. The van der Waals surface area contributed by atoms with E-state index < -0.39 is 0 Å². The van der Waals surface area contributed by atoms with E-state index >= 15 is 0 Å². The highest BCUT2D eigenvalue weighted by atomic mass is 16.2. The van der Waals surface area contributed by atoms with Gasteiger partial charge in [-0.2, -0.15) is 0 Å². The van der Waals surface area contributed by atoms with Gasteiger partial charge in [0.1, 0.15) is 0 Å². The van der Waals surface area contributed by atoms with E-state index in [4.69, 9.17) is 5.73 Å². The molecule has 110 valence electrons. The van der Waals surface area contributed by atoms with Gasteiger partial charge in [-0.1, -0.05) is 6.92 Å². The third-order valence-corrected chi connectivity index (χ3v) is 4.44. The van der Waals surface area contributed by atoms with Gasteiger partial charge in [-0.05, 0) is 31.8 Å². The third kappa shape index (κ3) is 3.68. The molecule has 2 aliphatic rings. The highest BCUT2D eigenvalue weighted by Gasteiger charge is 2.34. The summed E-state index contributed by atoms with van der Waals surface area (Å²) in [6, 6.07) is 0.136. The molecule has 0 aromatic heterocycles. The molecule has 0 aromatic rings. The molecule has 0 aliphatic carbocycles. The van der Waals surface area contributed by atoms with Crippen LogP contribution >= 0.6 is 0 Å². The molecule has 0 saturated carbocycles. The van der Waals surface area contributed by atoms with Crippen LogP contribution in [0, 0.1) is 5.92 Å². The van der Waals surface area contributed by atoms with Crippen LogP contribution in [0.5, 0.6) is 0 Å². The molecule has 2 heterocycles. The summed E-state index contributed by atoms with van der Waals surface area (Å²) in [6.45, 7) is 9.23. The van der Waals surface area contributed by atoms with Crippen molar-refractivity contribution >= 4 is 5.91 Å². The minimum Gasteiger partial charge on any atom is -0.344 e. The van der Waals surface area contributed by atoms with Crippen molar-refractivity contribution in [2.45, 2.75) is 25.8 Å². The van der Waals surface area contributed by atoms with Gasteiger partial charge in [0.05, 0.1) is 6.04 Å². The van der Waals surface area contributed by atoms with Gasteiger partial charge >= 0.3 is 0 Å². The molecule has 0 bridgehead atoms. The number of hydrogen-bond donors (Lipinski definition) is 1. The number of hydrogen-bond acceptors (Lipinski definition) is 4. The lowest BCUT2D eigenvalue weighted by Crippen LogP contribution is -2.43. The summed E-state index contributed by atoms with van der Waals surface area (Å²) in [5.41, 5.74) is 5.70. The molecule has 19 heavy (non-hydrogen) atoms. The van der Waals surface area contributed by atoms with Crippen LogP contribution in [0.1, 0.15) is 19.8 Å². The minimum atomic E-state index is 0.136. The SMILES string of the molecule is CC(CN)CN1CCCN(C2CCN(C)C2=O)CC1. The van der Waals surface area contributed by atoms with Gasteiger partial charge in [0.2, 0.25) is 5.91 Å². The van der Waals surface area contributed by atoms with Crippen molar-refractivity contribution in [1.82, 2.24) is 14.7 Å². The highest BCUT2D eigenvalue weighted by Crippen LogP contribution is 2.18. The van der Waals surface area contributed by atoms with Crippen LogP contribution in [0.4, 0.5) is 0 Å². The maximum absolute atomic E-state index is 12.1. The van der Waals surface area contributed by atoms with Crippen LogP contribution in [-0.2, 0) is 4.79 Å². The second-order valence-corrected chi connectivity index (χ2v) is 6.10. The molecule has 2 atom stereocenters. The van der Waals surface area contributed by atoms with Crippen LogP contribution in [-0.4, -0.2) is 79.5 Å². The average Bonchev–Trinajstić information content (AvgIpc) is 2.62. The molecule has 2 aliphatic heterocycles. The lowest BCUT2D eigenvalue weighted by molar-refractivity contribution is -0.131. The Morgan fingerprint density at radius 3 is 2.68 bits per heavy atom. The molecular weight excluding hydrogens is 240 g/mol. The number of carbonyl (C=O) groups excluding carboxylic acids is 1. The maximum atomic E-state index is 12.1. The number of amides is 1. The minimum absolute atomic E-state index is 0.136. The summed E-state index contributed by atoms with van der Waals surface area (Å²) < 4.78 is 0. The maximum Gasteiger partial charge on any atom is 0.239 e. The lowest BCUT2D eigenvalue weighted by atomic mass is 10.1. The summed E-state index contributed by atoms with van der Waals surface area (Å²) in [7, 11) is 1.91. The molecule has 0 aromatic carbocycles. The molecule has 0 spiro atoms. The first-order chi connectivity index (χ1) is 9.11. The fourth-order valence-corrected chi connectivity index (χ4v) is 3.14. The normalized spacial score (nSPS) is 28.7. The molecule has 0 radical (unpaired) electrons. The Balaban J connectivity index is 1.85. The summed E-state index contributed by atoms with van der Waals surface area (Å²) in [4.78, 5) is 18.8. The van der Waals surface area contributed by atoms with Gasteiger partial charge in [0.15, 0.2) is 0 Å². The Morgan fingerprint density at radius 2 is 2.05 bits per heavy atom. The van der Waals surface area contributed by atoms with E-state index in [2.05, 4.69) is 16.7 Å². The summed E-state index contributed by atoms with van der Waals surface area (Å²) in [6.07, 6.45) is 2.15. The van der Waals surface area contributed by atoms with Gasteiger partial charge in [0, 0.05) is 39.8 Å². The summed E-state index contributed by atoms with van der Waals surface area (Å²) >= 11 is 0. The summed E-state index contributed by atoms with van der Waals surface area (Å²) in [5, 5.41) is 0. The Bertz CT molecular complexity index is 310. The number of likely N-dealkylation sites (tertiary alicyclic amines) is 1. The van der Waals surface area contributed by atoms with Gasteiger partial charge in [-0.25, -0.2) is 0 Å². The lowest BCUT2D eigenvalue weighted by Gasteiger charge is -2.26. The first-order valence-electron chi connectivity index (χ1n) is 7.53. The first-order valence-corrected chi connectivity index (χ1v) is 7.53. The Morgan fingerprint density at radius 1 is 1.26 bits per heavy atom. The molecule has 2 saturated heterocycles. The predicted molar refractivity (Wildman–Crippen MR) is 76.9 cm³/mol. The molecule has 5 nitrogen and oxygen atoms in total. The van der Waals surface area contributed by atoms with Crippen molar-refractivity contribution in [2.75, 3.05) is 52.9 Å². The van der Waals surface area contributed by atoms with Gasteiger partial charge in [0.25, 0.3) is 0 Å². The zero-order chi connectivity index (χ0) is 13.8. The third-order valence-electron chi connectivity index (χ3n) is 4.44. The smallest absolute Gasteiger partial charge is 0.239 e. The van der Waals surface area contributed by atoms with Gasteiger partial charge < -0.3 is 15.5 Å². The number of carbonyl (C=O) groups is 1. The van der Waals surface area contributed by atoms with Crippen LogP contribution < -0.4 is 5.73 Å². The molecule has 1 amide bonds. The van der Waals surface area contributed by atoms with Crippen molar-refractivity contribution in [3.63, 3.8) is 0 Å². The first kappa shape index (κ1) is 14.8. The van der Waals surface area contributed by atoms with E-state index in [0.29, 0.717) is 11.8 Å². The van der Waals surface area contributed by atoms with E-state index in [-0.39, 0.29) is 6.04 Å². The van der Waals surface area contributed by atoms with E-state index in [1.807, 2.05) is 11.9 Å². The zero-order valence-corrected chi connectivity index (χ0v) is 12.3. The number of nitrogens with two attached hydrogens (primary N) is 1. The van der Waals surface area contributed by atoms with Crippen molar-refractivity contribution in [2.24, 2.45) is 11.7 Å². The molecule has 2 N–H and O–H groups in total. The Hall–Kier alpha value is -0.650. The molecular formula is C14H28N4O. The van der Waals surface area contributed by atoms with Crippen molar-refractivity contribution in [3.8, 4) is 0 Å². The number of rotatable bonds is 4. The van der Waals surface area contributed by atoms with Crippen LogP contribution in [0.25, 0.3) is 0 Å². The zero-order valence-electron chi connectivity index (χ0n) is 12.3. The van der Waals surface area contributed by atoms with E-state index in [9.17, 15) is 4.79 Å². The van der Waals surface area contributed by atoms with Crippen molar-refractivity contribution < 1.29 is 4.79 Å². The fraction of sp³-hybridized carbons (Fsp3) is 0.929. The van der Waals surface area contributed by atoms with Crippen LogP contribution in [0.2, 0.25) is 0 Å². The van der Waals surface area contributed by atoms with Crippen molar-refractivity contribution in [1.29, 1.82) is 0 Å². The van der Waals surface area contributed by atoms with Crippen LogP contribution in [0.3, 0.4) is 0 Å². The largest absolute Gasteiger partial charge is 0.344 e. The second-order valence-electron chi connectivity index (χ2n) is 6.10. The topological polar surface area (TPSA) is 52.8 Å². The van der Waals surface area contributed by atoms with E-state index in [1.54, 1.807) is 0 Å². The highest BCUT2D eigenvalue weighted by molar-refractivity contribution is 5.83. The standard InChI is InChI=1S/C14H28N4O/c1-12(10-15)11-17-5-3-6-18(9-8-17)13-4-7-16(2)14(13)19/h12-13H,3-11,15H2,1-2H3. The van der Waals surface area contributed by atoms with Gasteiger partial charge in [-0.15, -0.1) is 0 Å². The van der Waals surface area contributed by atoms with Crippen LogP contribution in [0.15, 0.2) is 0 Å². The monoisotopic (exact) mass is 268 g/mol. The molecule has 2 fully saturated rings. The molecule has 2 unspecified atom stereocenters. The predicted octanol–water partition coefficient (Wildman–Crippen LogP) is -0.180. The average molecular weight is 268 g/mol.